The maximum atomic E-state index is 6.44. The van der Waals surface area contributed by atoms with E-state index in [4.69, 9.17) is 14.5 Å². The number of nitrogens with one attached hydrogen (secondary N) is 1. The van der Waals surface area contributed by atoms with Crippen molar-refractivity contribution >= 4 is 5.95 Å². The maximum Gasteiger partial charge on any atom is 0.227 e. The number of fused-ring (bicyclic) bond motifs is 8. The molecular formula is C31H43N5O2. The lowest BCUT2D eigenvalue weighted by Gasteiger charge is -2.34. The highest BCUT2D eigenvalue weighted by atomic mass is 16.5. The molecular weight excluding hydrogens is 474 g/mol. The fourth-order valence-corrected chi connectivity index (χ4v) is 5.78. The van der Waals surface area contributed by atoms with Crippen LogP contribution in [-0.4, -0.2) is 72.8 Å². The van der Waals surface area contributed by atoms with Crippen LogP contribution in [0.4, 0.5) is 5.95 Å². The second-order valence-electron chi connectivity index (χ2n) is 11.0. The van der Waals surface area contributed by atoms with Gasteiger partial charge in [0.2, 0.25) is 5.95 Å². The van der Waals surface area contributed by atoms with Crippen molar-refractivity contribution in [2.45, 2.75) is 33.6 Å². The Balaban J connectivity index is 1.40. The monoisotopic (exact) mass is 517 g/mol. The number of rotatable bonds is 6. The van der Waals surface area contributed by atoms with Crippen LogP contribution in [0.3, 0.4) is 0 Å². The van der Waals surface area contributed by atoms with E-state index in [1.165, 1.54) is 6.42 Å². The van der Waals surface area contributed by atoms with Gasteiger partial charge in [0, 0.05) is 48.9 Å². The summed E-state index contributed by atoms with van der Waals surface area (Å²) in [7, 11) is 2.26. The van der Waals surface area contributed by atoms with Crippen molar-refractivity contribution in [2.75, 3.05) is 58.3 Å². The Morgan fingerprint density at radius 2 is 2.00 bits per heavy atom. The zero-order valence-corrected chi connectivity index (χ0v) is 23.4. The quantitative estimate of drug-likeness (QED) is 0.558. The van der Waals surface area contributed by atoms with Gasteiger partial charge in [0.15, 0.2) is 0 Å². The van der Waals surface area contributed by atoms with Gasteiger partial charge in [-0.3, -0.25) is 0 Å². The lowest BCUT2D eigenvalue weighted by atomic mass is 9.85. The fraction of sp³-hybridized carbons (Fsp3) is 0.548. The molecule has 4 atom stereocenters. The molecule has 204 valence electrons. The molecule has 1 saturated carbocycles. The van der Waals surface area contributed by atoms with E-state index >= 15 is 0 Å². The fourth-order valence-electron chi connectivity index (χ4n) is 5.78. The predicted molar refractivity (Wildman–Crippen MR) is 153 cm³/mol. The van der Waals surface area contributed by atoms with E-state index in [0.29, 0.717) is 12.6 Å². The molecule has 4 unspecified atom stereocenters. The topological polar surface area (TPSA) is 62.8 Å². The van der Waals surface area contributed by atoms with Gasteiger partial charge in [-0.1, -0.05) is 32.9 Å². The van der Waals surface area contributed by atoms with Gasteiger partial charge in [-0.05, 0) is 75.2 Å². The molecule has 3 aliphatic rings. The van der Waals surface area contributed by atoms with Gasteiger partial charge in [-0.2, -0.15) is 0 Å². The summed E-state index contributed by atoms with van der Waals surface area (Å²) < 4.78 is 12.6. The molecule has 1 aliphatic heterocycles. The molecule has 38 heavy (non-hydrogen) atoms. The van der Waals surface area contributed by atoms with Crippen molar-refractivity contribution in [1.29, 1.82) is 0 Å². The highest BCUT2D eigenvalue weighted by Gasteiger charge is 2.38. The van der Waals surface area contributed by atoms with E-state index in [0.717, 1.165) is 86.1 Å². The molecule has 2 heterocycles. The lowest BCUT2D eigenvalue weighted by Crippen LogP contribution is -2.36. The SMILES string of the molecule is CCN(CC)CCOC1=CC=C2Nc3nccc(n3)-c3cccc(c3)OCCC3CC3CN(C)CC1C2C. The molecule has 1 N–H and O–H groups in total. The van der Waals surface area contributed by atoms with Gasteiger partial charge in [0.05, 0.1) is 12.3 Å². The van der Waals surface area contributed by atoms with Gasteiger partial charge in [0.1, 0.15) is 18.1 Å². The van der Waals surface area contributed by atoms with E-state index in [1.807, 2.05) is 24.4 Å². The molecule has 2 aliphatic carbocycles. The van der Waals surface area contributed by atoms with Gasteiger partial charge in [-0.15, -0.1) is 0 Å². The molecule has 7 nitrogen and oxygen atoms in total. The van der Waals surface area contributed by atoms with Gasteiger partial charge >= 0.3 is 0 Å². The average Bonchev–Trinajstić information content (AvgIpc) is 3.66. The number of benzene rings is 1. The van der Waals surface area contributed by atoms with Crippen molar-refractivity contribution in [3.8, 4) is 17.0 Å². The summed E-state index contributed by atoms with van der Waals surface area (Å²) in [6.45, 7) is 13.3. The summed E-state index contributed by atoms with van der Waals surface area (Å²) in [6, 6.07) is 10.2. The number of hydrogen-bond donors (Lipinski definition) is 1. The van der Waals surface area contributed by atoms with Crippen LogP contribution in [0.15, 0.2) is 60.1 Å². The predicted octanol–water partition coefficient (Wildman–Crippen LogP) is 5.30. The maximum absolute atomic E-state index is 6.44. The van der Waals surface area contributed by atoms with Crippen LogP contribution in [-0.2, 0) is 4.74 Å². The first-order valence-corrected chi connectivity index (χ1v) is 14.3. The van der Waals surface area contributed by atoms with Crippen LogP contribution in [0.25, 0.3) is 11.3 Å². The molecule has 0 spiro atoms. The average molecular weight is 518 g/mol. The first-order chi connectivity index (χ1) is 18.5. The number of likely N-dealkylation sites (N-methyl/N-ethyl adjacent to an activating group) is 1. The molecule has 0 amide bonds. The first-order valence-electron chi connectivity index (χ1n) is 14.3. The lowest BCUT2D eigenvalue weighted by molar-refractivity contribution is 0.116. The Morgan fingerprint density at radius 1 is 1.13 bits per heavy atom. The summed E-state index contributed by atoms with van der Waals surface area (Å²) in [4.78, 5) is 14.3. The molecule has 5 rings (SSSR count). The smallest absolute Gasteiger partial charge is 0.227 e. The Hall–Kier alpha value is -2.90. The van der Waals surface area contributed by atoms with E-state index < -0.39 is 0 Å². The van der Waals surface area contributed by atoms with Gasteiger partial charge < -0.3 is 24.6 Å². The molecule has 0 radical (unpaired) electrons. The van der Waals surface area contributed by atoms with Crippen LogP contribution in [0, 0.1) is 23.7 Å². The third kappa shape index (κ3) is 6.56. The minimum absolute atomic E-state index is 0.253. The van der Waals surface area contributed by atoms with Crippen molar-refractivity contribution in [2.24, 2.45) is 23.7 Å². The van der Waals surface area contributed by atoms with E-state index in [1.54, 1.807) is 0 Å². The molecule has 0 saturated heterocycles. The minimum Gasteiger partial charge on any atom is -0.496 e. The normalized spacial score (nSPS) is 25.6. The number of anilines is 1. The van der Waals surface area contributed by atoms with E-state index in [2.05, 4.69) is 72.2 Å². The van der Waals surface area contributed by atoms with Crippen LogP contribution >= 0.6 is 0 Å². The summed E-state index contributed by atoms with van der Waals surface area (Å²) in [5.41, 5.74) is 3.04. The summed E-state index contributed by atoms with van der Waals surface area (Å²) in [5.74, 6) is 4.63. The van der Waals surface area contributed by atoms with Crippen molar-refractivity contribution in [3.05, 3.63) is 60.1 Å². The first kappa shape index (κ1) is 26.7. The highest BCUT2D eigenvalue weighted by Crippen LogP contribution is 2.42. The molecule has 1 fully saturated rings. The summed E-state index contributed by atoms with van der Waals surface area (Å²) in [6.07, 6.45) is 8.53. The second-order valence-corrected chi connectivity index (χ2v) is 11.0. The van der Waals surface area contributed by atoms with E-state index in [9.17, 15) is 0 Å². The Labute approximate surface area is 227 Å². The zero-order valence-electron chi connectivity index (χ0n) is 23.4. The number of aromatic nitrogens is 2. The van der Waals surface area contributed by atoms with Crippen molar-refractivity contribution in [3.63, 3.8) is 0 Å². The van der Waals surface area contributed by atoms with Crippen LogP contribution in [0.5, 0.6) is 5.75 Å². The standard InChI is InChI=1S/C31H43N5O2/c1-5-36(6-2)15-17-38-30-11-10-28-22(3)27(30)21-35(4)20-25-18-23(25)13-16-37-26-9-7-8-24(19-26)29-12-14-32-31(33-28)34-29/h7-12,14,19,22-23,25,27H,5-6,13,15-18,20-21H2,1-4H3,(H,32,33,34). The Bertz CT molecular complexity index is 1140. The Morgan fingerprint density at radius 3 is 2.84 bits per heavy atom. The summed E-state index contributed by atoms with van der Waals surface area (Å²) >= 11 is 0. The van der Waals surface area contributed by atoms with Crippen LogP contribution < -0.4 is 10.1 Å². The number of allylic oxidation sites excluding steroid dienone is 3. The highest BCUT2D eigenvalue weighted by molar-refractivity contribution is 5.62. The molecule has 2 aromatic rings. The number of hydrogen-bond acceptors (Lipinski definition) is 7. The number of ether oxygens (including phenoxy) is 2. The van der Waals surface area contributed by atoms with Gasteiger partial charge in [-0.25, -0.2) is 9.97 Å². The van der Waals surface area contributed by atoms with Crippen LogP contribution in [0.2, 0.25) is 0 Å². The zero-order chi connectivity index (χ0) is 26.5. The van der Waals surface area contributed by atoms with Gasteiger partial charge in [0.25, 0.3) is 0 Å². The molecule has 1 aromatic carbocycles. The largest absolute Gasteiger partial charge is 0.496 e. The molecule has 6 bridgehead atoms. The minimum atomic E-state index is 0.253. The van der Waals surface area contributed by atoms with Crippen molar-refractivity contribution < 1.29 is 9.47 Å². The third-order valence-corrected chi connectivity index (χ3v) is 8.38. The van der Waals surface area contributed by atoms with E-state index in [-0.39, 0.29) is 11.8 Å². The second kappa shape index (κ2) is 12.3. The molecule has 7 heteroatoms. The Kier molecular flexibility index (Phi) is 8.65. The summed E-state index contributed by atoms with van der Waals surface area (Å²) in [5, 5.41) is 3.54. The molecule has 1 aromatic heterocycles. The van der Waals surface area contributed by atoms with Crippen LogP contribution in [0.1, 0.15) is 33.6 Å². The number of nitrogens with zero attached hydrogens (tertiary/aromatic N) is 4. The van der Waals surface area contributed by atoms with Crippen molar-refractivity contribution in [1.82, 2.24) is 19.8 Å². The third-order valence-electron chi connectivity index (χ3n) is 8.38.